The van der Waals surface area contributed by atoms with Crippen LogP contribution in [0.2, 0.25) is 0 Å². The Morgan fingerprint density at radius 3 is 2.55 bits per heavy atom. The van der Waals surface area contributed by atoms with Crippen LogP contribution in [0.1, 0.15) is 15.9 Å². The number of nitrogens with zero attached hydrogens (tertiary/aromatic N) is 1. The van der Waals surface area contributed by atoms with Crippen molar-refractivity contribution in [2.24, 2.45) is 5.73 Å². The van der Waals surface area contributed by atoms with Crippen molar-refractivity contribution in [1.82, 2.24) is 15.3 Å². The molecular weight excluding hydrogens is 408 g/mol. The molecule has 4 N–H and O–H groups in total. The lowest BCUT2D eigenvalue weighted by atomic mass is 10.1. The van der Waals surface area contributed by atoms with Crippen LogP contribution in [-0.4, -0.2) is 33.6 Å². The first-order chi connectivity index (χ1) is 15.0. The maximum absolute atomic E-state index is 12.9. The van der Waals surface area contributed by atoms with Crippen molar-refractivity contribution >= 4 is 34.5 Å². The van der Waals surface area contributed by atoms with Crippen LogP contribution in [-0.2, 0) is 4.79 Å². The van der Waals surface area contributed by atoms with Gasteiger partial charge in [0, 0.05) is 50.8 Å². The standard InChI is InChI=1S/C24H22N4O2S/c1-15-19-13-17(7-8-20(19)27-22(15)16-9-11-26-12-10-16)24(30)28-21(23(25)29)14-31-18-5-3-2-4-6-18/h2-13,21,27H,14H2,1H3,(H2,25,29)(H,28,30)/t21-/m0/s1. The third kappa shape index (κ3) is 4.62. The number of amides is 2. The molecule has 0 bridgehead atoms. The van der Waals surface area contributed by atoms with Crippen molar-refractivity contribution in [3.05, 3.63) is 84.2 Å². The van der Waals surface area contributed by atoms with Crippen LogP contribution < -0.4 is 11.1 Å². The molecule has 4 aromatic rings. The minimum absolute atomic E-state index is 0.328. The van der Waals surface area contributed by atoms with Gasteiger partial charge in [-0.05, 0) is 55.0 Å². The lowest BCUT2D eigenvalue weighted by Gasteiger charge is -2.15. The maximum Gasteiger partial charge on any atom is 0.251 e. The normalized spacial score (nSPS) is 11.9. The van der Waals surface area contributed by atoms with E-state index in [-0.39, 0.29) is 5.91 Å². The Hall–Kier alpha value is -3.58. The Kier molecular flexibility index (Phi) is 6.04. The van der Waals surface area contributed by atoms with Gasteiger partial charge in [-0.1, -0.05) is 18.2 Å². The third-order valence-electron chi connectivity index (χ3n) is 5.10. The topological polar surface area (TPSA) is 101 Å². The highest BCUT2D eigenvalue weighted by Gasteiger charge is 2.20. The van der Waals surface area contributed by atoms with Crippen molar-refractivity contribution in [1.29, 1.82) is 0 Å². The Morgan fingerprint density at radius 1 is 1.10 bits per heavy atom. The van der Waals surface area contributed by atoms with E-state index in [0.29, 0.717) is 11.3 Å². The van der Waals surface area contributed by atoms with Gasteiger partial charge in [0.25, 0.3) is 5.91 Å². The summed E-state index contributed by atoms with van der Waals surface area (Å²) in [6.07, 6.45) is 3.49. The van der Waals surface area contributed by atoms with Crippen molar-refractivity contribution in [2.45, 2.75) is 17.9 Å². The molecule has 0 fully saturated rings. The third-order valence-corrected chi connectivity index (χ3v) is 6.20. The molecule has 0 radical (unpaired) electrons. The van der Waals surface area contributed by atoms with E-state index < -0.39 is 11.9 Å². The molecule has 2 aromatic heterocycles. The monoisotopic (exact) mass is 430 g/mol. The van der Waals surface area contributed by atoms with Gasteiger partial charge in [0.1, 0.15) is 6.04 Å². The van der Waals surface area contributed by atoms with Gasteiger partial charge in [0.15, 0.2) is 0 Å². The quantitative estimate of drug-likeness (QED) is 0.387. The van der Waals surface area contributed by atoms with Gasteiger partial charge in [-0.2, -0.15) is 0 Å². The molecule has 0 unspecified atom stereocenters. The number of thioether (sulfide) groups is 1. The number of hydrogen-bond donors (Lipinski definition) is 3. The number of carbonyl (C=O) groups excluding carboxylic acids is 2. The van der Waals surface area contributed by atoms with Gasteiger partial charge < -0.3 is 16.0 Å². The highest BCUT2D eigenvalue weighted by Crippen LogP contribution is 2.30. The minimum Gasteiger partial charge on any atom is -0.368 e. The number of hydrogen-bond acceptors (Lipinski definition) is 4. The van der Waals surface area contributed by atoms with Crippen LogP contribution in [0.25, 0.3) is 22.2 Å². The van der Waals surface area contributed by atoms with Crippen LogP contribution in [0.5, 0.6) is 0 Å². The van der Waals surface area contributed by atoms with Crippen LogP contribution in [0.3, 0.4) is 0 Å². The summed E-state index contributed by atoms with van der Waals surface area (Å²) in [5.41, 5.74) is 10.0. The van der Waals surface area contributed by atoms with E-state index in [1.165, 1.54) is 11.8 Å². The number of benzene rings is 2. The predicted molar refractivity (Wildman–Crippen MR) is 124 cm³/mol. The van der Waals surface area contributed by atoms with E-state index in [0.717, 1.165) is 32.6 Å². The second-order valence-corrected chi connectivity index (χ2v) is 8.27. The number of rotatable bonds is 7. The molecule has 2 amide bonds. The molecule has 1 atom stereocenters. The molecule has 0 saturated heterocycles. The Balaban J connectivity index is 1.53. The lowest BCUT2D eigenvalue weighted by molar-refractivity contribution is -0.119. The molecule has 2 heterocycles. The van der Waals surface area contributed by atoms with E-state index in [1.54, 1.807) is 18.5 Å². The van der Waals surface area contributed by atoms with E-state index in [9.17, 15) is 9.59 Å². The fourth-order valence-electron chi connectivity index (χ4n) is 3.41. The molecule has 6 nitrogen and oxygen atoms in total. The number of pyridine rings is 1. The summed E-state index contributed by atoms with van der Waals surface area (Å²) in [5, 5.41) is 3.73. The number of H-pyrrole nitrogens is 1. The largest absolute Gasteiger partial charge is 0.368 e. The van der Waals surface area contributed by atoms with Crippen molar-refractivity contribution in [3.63, 3.8) is 0 Å². The molecule has 0 aliphatic carbocycles. The zero-order chi connectivity index (χ0) is 21.8. The fourth-order valence-corrected chi connectivity index (χ4v) is 4.36. The molecule has 0 spiro atoms. The van der Waals surface area contributed by atoms with Gasteiger partial charge >= 0.3 is 0 Å². The lowest BCUT2D eigenvalue weighted by Crippen LogP contribution is -2.46. The predicted octanol–water partition coefficient (Wildman–Crippen LogP) is 3.91. The Bertz CT molecular complexity index is 1220. The fraction of sp³-hybridized carbons (Fsp3) is 0.125. The van der Waals surface area contributed by atoms with Crippen LogP contribution >= 0.6 is 11.8 Å². The number of nitrogens with one attached hydrogen (secondary N) is 2. The number of aromatic amines is 1. The molecule has 31 heavy (non-hydrogen) atoms. The molecule has 0 saturated carbocycles. The minimum atomic E-state index is -0.770. The number of aryl methyl sites for hydroxylation is 1. The first-order valence-corrected chi connectivity index (χ1v) is 10.8. The summed E-state index contributed by atoms with van der Waals surface area (Å²) in [5.74, 6) is -0.524. The van der Waals surface area contributed by atoms with E-state index in [1.807, 2.05) is 61.5 Å². The zero-order valence-electron chi connectivity index (χ0n) is 17.0. The summed E-state index contributed by atoms with van der Waals surface area (Å²) in [7, 11) is 0. The van der Waals surface area contributed by atoms with Gasteiger partial charge in [-0.3, -0.25) is 14.6 Å². The highest BCUT2D eigenvalue weighted by molar-refractivity contribution is 7.99. The van der Waals surface area contributed by atoms with Crippen LogP contribution in [0.15, 0.2) is 78.0 Å². The summed E-state index contributed by atoms with van der Waals surface area (Å²) >= 11 is 1.47. The highest BCUT2D eigenvalue weighted by atomic mass is 32.2. The van der Waals surface area contributed by atoms with E-state index in [2.05, 4.69) is 15.3 Å². The van der Waals surface area contributed by atoms with Gasteiger partial charge in [-0.25, -0.2) is 0 Å². The number of nitrogens with two attached hydrogens (primary N) is 1. The van der Waals surface area contributed by atoms with Gasteiger partial charge in [-0.15, -0.1) is 11.8 Å². The summed E-state index contributed by atoms with van der Waals surface area (Å²) < 4.78 is 0. The molecular formula is C24H22N4O2S. The summed E-state index contributed by atoms with van der Waals surface area (Å²) in [4.78, 5) is 33.2. The van der Waals surface area contributed by atoms with Crippen molar-refractivity contribution in [3.8, 4) is 11.3 Å². The molecule has 4 rings (SSSR count). The van der Waals surface area contributed by atoms with E-state index in [4.69, 9.17) is 5.73 Å². The van der Waals surface area contributed by atoms with Crippen LogP contribution in [0, 0.1) is 6.92 Å². The van der Waals surface area contributed by atoms with Crippen molar-refractivity contribution < 1.29 is 9.59 Å². The van der Waals surface area contributed by atoms with Crippen LogP contribution in [0.4, 0.5) is 0 Å². The maximum atomic E-state index is 12.9. The number of aromatic nitrogens is 2. The Labute approximate surface area is 184 Å². The number of primary amides is 1. The first-order valence-electron chi connectivity index (χ1n) is 9.83. The molecule has 156 valence electrons. The molecule has 0 aliphatic rings. The second kappa shape index (κ2) is 9.06. The van der Waals surface area contributed by atoms with Gasteiger partial charge in [0.05, 0.1) is 0 Å². The first kappa shape index (κ1) is 20.7. The average molecular weight is 431 g/mol. The summed E-state index contributed by atoms with van der Waals surface area (Å²) in [6, 6.07) is 18.2. The zero-order valence-corrected chi connectivity index (χ0v) is 17.8. The molecule has 7 heteroatoms. The number of carbonyl (C=O) groups is 2. The van der Waals surface area contributed by atoms with E-state index >= 15 is 0 Å². The molecule has 2 aromatic carbocycles. The second-order valence-electron chi connectivity index (χ2n) is 7.17. The average Bonchev–Trinajstić information content (AvgIpc) is 3.13. The SMILES string of the molecule is Cc1c(-c2ccncc2)[nH]c2ccc(C(=O)N[C@@H](CSc3ccccc3)C(N)=O)cc12. The smallest absolute Gasteiger partial charge is 0.251 e. The van der Waals surface area contributed by atoms with Crippen molar-refractivity contribution in [2.75, 3.05) is 5.75 Å². The molecule has 0 aliphatic heterocycles. The summed E-state index contributed by atoms with van der Waals surface area (Å²) in [6.45, 7) is 2.01. The number of fused-ring (bicyclic) bond motifs is 1. The van der Waals surface area contributed by atoms with Gasteiger partial charge in [0.2, 0.25) is 5.91 Å². The Morgan fingerprint density at radius 2 is 1.84 bits per heavy atom.